The highest BCUT2D eigenvalue weighted by Gasteiger charge is 2.43. The van der Waals surface area contributed by atoms with Crippen LogP contribution in [0.15, 0.2) is 91.0 Å². The fourth-order valence-corrected chi connectivity index (χ4v) is 4.00. The van der Waals surface area contributed by atoms with Gasteiger partial charge in [0.25, 0.3) is 0 Å². The molecule has 3 aromatic rings. The molecule has 1 unspecified atom stereocenters. The minimum Gasteiger partial charge on any atom is -0.394 e. The maximum Gasteiger partial charge on any atom is 0.0951 e. The van der Waals surface area contributed by atoms with E-state index in [0.717, 1.165) is 16.7 Å². The third-order valence-electron chi connectivity index (χ3n) is 5.44. The van der Waals surface area contributed by atoms with Crippen molar-refractivity contribution in [2.75, 3.05) is 46.2 Å². The van der Waals surface area contributed by atoms with Crippen molar-refractivity contribution in [1.82, 2.24) is 0 Å². The van der Waals surface area contributed by atoms with Crippen LogP contribution in [0.25, 0.3) is 0 Å². The third kappa shape index (κ3) is 6.03. The van der Waals surface area contributed by atoms with Gasteiger partial charge >= 0.3 is 0 Å². The van der Waals surface area contributed by atoms with Gasteiger partial charge in [-0.25, -0.2) is 0 Å². The largest absolute Gasteiger partial charge is 0.394 e. The zero-order valence-electron chi connectivity index (χ0n) is 18.3. The van der Waals surface area contributed by atoms with Gasteiger partial charge < -0.3 is 24.4 Å². The first kappa shape index (κ1) is 24.1. The molecule has 5 heteroatoms. The summed E-state index contributed by atoms with van der Waals surface area (Å²) in [6.45, 7) is 2.12. The molecule has 3 aromatic carbocycles. The van der Waals surface area contributed by atoms with Crippen molar-refractivity contribution >= 4 is 0 Å². The first-order chi connectivity index (χ1) is 15.8. The second-order valence-corrected chi connectivity index (χ2v) is 7.45. The van der Waals surface area contributed by atoms with Crippen molar-refractivity contribution < 1.29 is 24.4 Å². The lowest BCUT2D eigenvalue weighted by molar-refractivity contribution is -0.0231. The van der Waals surface area contributed by atoms with E-state index >= 15 is 0 Å². The Labute approximate surface area is 190 Å². The van der Waals surface area contributed by atoms with E-state index in [-0.39, 0.29) is 13.2 Å². The molecule has 3 rings (SSSR count). The molecule has 0 radical (unpaired) electrons. The number of rotatable bonds is 14. The Kier molecular flexibility index (Phi) is 9.88. The van der Waals surface area contributed by atoms with Crippen molar-refractivity contribution in [2.45, 2.75) is 11.5 Å². The first-order valence-electron chi connectivity index (χ1n) is 11.0. The molecule has 0 saturated heterocycles. The van der Waals surface area contributed by atoms with Gasteiger partial charge in [-0.2, -0.15) is 0 Å². The standard InChI is InChI=1S/C27H32O5/c28-16-17-30-18-19-31-20-21-32-22-26(29)27(23-10-4-1-5-11-23,24-12-6-2-7-13-24)25-14-8-3-9-15-25/h1-15,26,28-29H,16-22H2. The van der Waals surface area contributed by atoms with E-state index in [1.165, 1.54) is 0 Å². The summed E-state index contributed by atoms with van der Waals surface area (Å²) in [5.41, 5.74) is 2.24. The Morgan fingerprint density at radius 2 is 0.938 bits per heavy atom. The summed E-state index contributed by atoms with van der Waals surface area (Å²) in [6.07, 6.45) is -0.817. The second-order valence-electron chi connectivity index (χ2n) is 7.45. The molecule has 32 heavy (non-hydrogen) atoms. The third-order valence-corrected chi connectivity index (χ3v) is 5.44. The van der Waals surface area contributed by atoms with Crippen LogP contribution in [0.5, 0.6) is 0 Å². The molecule has 170 valence electrons. The van der Waals surface area contributed by atoms with Gasteiger partial charge in [-0.3, -0.25) is 0 Å². The molecule has 0 aliphatic carbocycles. The zero-order valence-corrected chi connectivity index (χ0v) is 18.3. The predicted molar refractivity (Wildman–Crippen MR) is 125 cm³/mol. The Balaban J connectivity index is 1.77. The van der Waals surface area contributed by atoms with Gasteiger partial charge in [0.2, 0.25) is 0 Å². The van der Waals surface area contributed by atoms with Gasteiger partial charge in [-0.05, 0) is 16.7 Å². The molecule has 1 atom stereocenters. The summed E-state index contributed by atoms with van der Waals surface area (Å²) < 4.78 is 16.5. The number of aliphatic hydroxyl groups is 2. The fourth-order valence-electron chi connectivity index (χ4n) is 4.00. The summed E-state index contributed by atoms with van der Waals surface area (Å²) >= 11 is 0. The highest BCUT2D eigenvalue weighted by molar-refractivity contribution is 5.51. The van der Waals surface area contributed by atoms with Gasteiger partial charge in [0, 0.05) is 0 Å². The molecule has 0 aromatic heterocycles. The summed E-state index contributed by atoms with van der Waals surface area (Å²) in [5, 5.41) is 20.3. The smallest absolute Gasteiger partial charge is 0.0951 e. The fraction of sp³-hybridized carbons (Fsp3) is 0.333. The molecule has 2 N–H and O–H groups in total. The van der Waals surface area contributed by atoms with Gasteiger partial charge in [0.1, 0.15) is 0 Å². The number of hydrogen-bond donors (Lipinski definition) is 2. The monoisotopic (exact) mass is 436 g/mol. The number of ether oxygens (including phenoxy) is 3. The lowest BCUT2D eigenvalue weighted by Gasteiger charge is -2.40. The van der Waals surface area contributed by atoms with Gasteiger partial charge in [-0.15, -0.1) is 0 Å². The van der Waals surface area contributed by atoms with E-state index in [9.17, 15) is 5.11 Å². The van der Waals surface area contributed by atoms with E-state index in [2.05, 4.69) is 36.4 Å². The van der Waals surface area contributed by atoms with Gasteiger partial charge in [0.05, 0.1) is 57.8 Å². The van der Waals surface area contributed by atoms with Crippen LogP contribution in [0, 0.1) is 0 Å². The zero-order chi connectivity index (χ0) is 22.5. The molecule has 0 amide bonds. The number of benzene rings is 3. The Morgan fingerprint density at radius 3 is 1.34 bits per heavy atom. The van der Waals surface area contributed by atoms with Crippen LogP contribution < -0.4 is 0 Å². The molecule has 5 nitrogen and oxygen atoms in total. The quantitative estimate of drug-likeness (QED) is 0.299. The van der Waals surface area contributed by atoms with E-state index in [4.69, 9.17) is 19.3 Å². The van der Waals surface area contributed by atoms with E-state index in [1.807, 2.05) is 54.6 Å². The van der Waals surface area contributed by atoms with Crippen molar-refractivity contribution in [3.63, 3.8) is 0 Å². The Hall–Kier alpha value is -2.54. The van der Waals surface area contributed by atoms with Crippen LogP contribution >= 0.6 is 0 Å². The molecule has 0 bridgehead atoms. The van der Waals surface area contributed by atoms with Crippen LogP contribution in [0.4, 0.5) is 0 Å². The topological polar surface area (TPSA) is 68.2 Å². The van der Waals surface area contributed by atoms with Crippen molar-refractivity contribution in [3.8, 4) is 0 Å². The molecule has 0 heterocycles. The maximum absolute atomic E-state index is 11.6. The summed E-state index contributed by atoms with van der Waals surface area (Å²) in [6, 6.07) is 30.2. The number of hydrogen-bond acceptors (Lipinski definition) is 5. The van der Waals surface area contributed by atoms with E-state index < -0.39 is 11.5 Å². The SMILES string of the molecule is OCCOCCOCCOCC(O)C(c1ccccc1)(c1ccccc1)c1ccccc1. The molecular weight excluding hydrogens is 404 g/mol. The minimum atomic E-state index is -0.817. The molecule has 0 fully saturated rings. The van der Waals surface area contributed by atoms with Crippen LogP contribution in [-0.4, -0.2) is 62.6 Å². The second kappa shape index (κ2) is 13.1. The van der Waals surface area contributed by atoms with E-state index in [1.54, 1.807) is 0 Å². The average molecular weight is 437 g/mol. The predicted octanol–water partition coefficient (Wildman–Crippen LogP) is 3.42. The lowest BCUT2D eigenvalue weighted by Crippen LogP contribution is -2.44. The normalized spacial score (nSPS) is 12.6. The highest BCUT2D eigenvalue weighted by atomic mass is 16.5. The summed E-state index contributed by atoms with van der Waals surface area (Å²) in [5.74, 6) is 0. The first-order valence-corrected chi connectivity index (χ1v) is 11.0. The highest BCUT2D eigenvalue weighted by Crippen LogP contribution is 2.42. The van der Waals surface area contributed by atoms with E-state index in [0.29, 0.717) is 33.0 Å². The average Bonchev–Trinajstić information content (AvgIpc) is 2.85. The van der Waals surface area contributed by atoms with Gasteiger partial charge in [-0.1, -0.05) is 91.0 Å². The summed E-state index contributed by atoms with van der Waals surface area (Å²) in [4.78, 5) is 0. The van der Waals surface area contributed by atoms with Crippen LogP contribution in [0.3, 0.4) is 0 Å². The van der Waals surface area contributed by atoms with Crippen LogP contribution in [0.2, 0.25) is 0 Å². The lowest BCUT2D eigenvalue weighted by atomic mass is 9.66. The minimum absolute atomic E-state index is 0.00694. The maximum atomic E-state index is 11.6. The van der Waals surface area contributed by atoms with Crippen molar-refractivity contribution in [1.29, 1.82) is 0 Å². The molecular formula is C27H32O5. The summed E-state index contributed by atoms with van der Waals surface area (Å²) in [7, 11) is 0. The molecule has 0 saturated carbocycles. The van der Waals surface area contributed by atoms with Crippen LogP contribution in [0.1, 0.15) is 16.7 Å². The Morgan fingerprint density at radius 1 is 0.562 bits per heavy atom. The molecule has 0 spiro atoms. The Bertz CT molecular complexity index is 774. The van der Waals surface area contributed by atoms with Crippen molar-refractivity contribution in [3.05, 3.63) is 108 Å². The number of aliphatic hydroxyl groups excluding tert-OH is 2. The molecule has 0 aliphatic heterocycles. The molecule has 0 aliphatic rings. The van der Waals surface area contributed by atoms with Gasteiger partial charge in [0.15, 0.2) is 0 Å². The van der Waals surface area contributed by atoms with Crippen LogP contribution in [-0.2, 0) is 19.6 Å². The van der Waals surface area contributed by atoms with Crippen molar-refractivity contribution in [2.24, 2.45) is 0 Å².